The summed E-state index contributed by atoms with van der Waals surface area (Å²) in [5.41, 5.74) is 7.43. The lowest BCUT2D eigenvalue weighted by Gasteiger charge is -2.41. The second-order valence-corrected chi connectivity index (χ2v) is 8.65. The van der Waals surface area contributed by atoms with Crippen molar-refractivity contribution in [3.8, 4) is 0 Å². The summed E-state index contributed by atoms with van der Waals surface area (Å²) in [5.74, 6) is 0.713. The van der Waals surface area contributed by atoms with E-state index in [-0.39, 0.29) is 0 Å². The fourth-order valence-electron chi connectivity index (χ4n) is 3.95. The number of hydrogen-bond donors (Lipinski definition) is 1. The van der Waals surface area contributed by atoms with Crippen molar-refractivity contribution in [2.24, 2.45) is 22.5 Å². The molecule has 2 nitrogen and oxygen atoms in total. The molecule has 1 saturated heterocycles. The molecular formula is C17H34N2. The molecule has 19 heavy (non-hydrogen) atoms. The first kappa shape index (κ1) is 15.3. The van der Waals surface area contributed by atoms with E-state index in [0.29, 0.717) is 22.8 Å². The van der Waals surface area contributed by atoms with Gasteiger partial charge in [-0.15, -0.1) is 0 Å². The SMILES string of the molecule is CC1(C)CCCN(CC2CC(C)(C)CCC2N)CC1. The van der Waals surface area contributed by atoms with Crippen LogP contribution in [-0.2, 0) is 0 Å². The summed E-state index contributed by atoms with van der Waals surface area (Å²) in [6.45, 7) is 13.5. The van der Waals surface area contributed by atoms with Crippen molar-refractivity contribution in [3.63, 3.8) is 0 Å². The van der Waals surface area contributed by atoms with E-state index in [2.05, 4.69) is 32.6 Å². The van der Waals surface area contributed by atoms with Crippen molar-refractivity contribution >= 4 is 0 Å². The van der Waals surface area contributed by atoms with Gasteiger partial charge in [0.05, 0.1) is 0 Å². The molecule has 0 bridgehead atoms. The number of rotatable bonds is 2. The second kappa shape index (κ2) is 5.73. The maximum atomic E-state index is 6.38. The third-order valence-electron chi connectivity index (χ3n) is 5.50. The molecule has 2 fully saturated rings. The lowest BCUT2D eigenvalue weighted by molar-refractivity contribution is 0.114. The topological polar surface area (TPSA) is 29.3 Å². The number of nitrogens with zero attached hydrogens (tertiary/aromatic N) is 1. The van der Waals surface area contributed by atoms with Crippen molar-refractivity contribution in [1.29, 1.82) is 0 Å². The van der Waals surface area contributed by atoms with Crippen molar-refractivity contribution in [3.05, 3.63) is 0 Å². The Labute approximate surface area is 120 Å². The Morgan fingerprint density at radius 3 is 2.47 bits per heavy atom. The van der Waals surface area contributed by atoms with Gasteiger partial charge in [0.15, 0.2) is 0 Å². The lowest BCUT2D eigenvalue weighted by Crippen LogP contribution is -2.45. The molecule has 0 aromatic heterocycles. The fourth-order valence-corrected chi connectivity index (χ4v) is 3.95. The first-order valence-corrected chi connectivity index (χ1v) is 8.25. The van der Waals surface area contributed by atoms with Crippen molar-refractivity contribution in [1.82, 2.24) is 4.90 Å². The first-order valence-electron chi connectivity index (χ1n) is 8.25. The molecule has 2 aliphatic rings. The van der Waals surface area contributed by atoms with Gasteiger partial charge in [0, 0.05) is 12.6 Å². The molecule has 2 rings (SSSR count). The third-order valence-corrected chi connectivity index (χ3v) is 5.50. The van der Waals surface area contributed by atoms with Gasteiger partial charge in [0.1, 0.15) is 0 Å². The second-order valence-electron chi connectivity index (χ2n) is 8.65. The molecule has 0 spiro atoms. The third kappa shape index (κ3) is 4.46. The molecule has 0 aromatic carbocycles. The van der Waals surface area contributed by atoms with Gasteiger partial charge in [0.2, 0.25) is 0 Å². The van der Waals surface area contributed by atoms with E-state index in [1.165, 1.54) is 58.2 Å². The highest BCUT2D eigenvalue weighted by molar-refractivity contribution is 4.89. The maximum absolute atomic E-state index is 6.38. The van der Waals surface area contributed by atoms with E-state index in [1.807, 2.05) is 0 Å². The summed E-state index contributed by atoms with van der Waals surface area (Å²) in [6, 6.07) is 0.435. The van der Waals surface area contributed by atoms with Crippen molar-refractivity contribution in [2.75, 3.05) is 19.6 Å². The Morgan fingerprint density at radius 2 is 1.74 bits per heavy atom. The molecule has 2 unspecified atom stereocenters. The molecule has 1 heterocycles. The van der Waals surface area contributed by atoms with Gasteiger partial charge >= 0.3 is 0 Å². The van der Waals surface area contributed by atoms with Crippen LogP contribution in [-0.4, -0.2) is 30.6 Å². The van der Waals surface area contributed by atoms with Crippen LogP contribution in [0, 0.1) is 16.7 Å². The Kier molecular flexibility index (Phi) is 4.62. The van der Waals surface area contributed by atoms with Gasteiger partial charge < -0.3 is 10.6 Å². The number of hydrogen-bond acceptors (Lipinski definition) is 2. The predicted octanol–water partition coefficient (Wildman–Crippen LogP) is 3.65. The van der Waals surface area contributed by atoms with Crippen LogP contribution in [0.15, 0.2) is 0 Å². The summed E-state index contributed by atoms with van der Waals surface area (Å²) < 4.78 is 0. The summed E-state index contributed by atoms with van der Waals surface area (Å²) >= 11 is 0. The van der Waals surface area contributed by atoms with Gasteiger partial charge in [0.25, 0.3) is 0 Å². The monoisotopic (exact) mass is 266 g/mol. The van der Waals surface area contributed by atoms with E-state index in [4.69, 9.17) is 5.73 Å². The quantitative estimate of drug-likeness (QED) is 0.826. The molecule has 2 heteroatoms. The Morgan fingerprint density at radius 1 is 1.00 bits per heavy atom. The minimum absolute atomic E-state index is 0.435. The molecular weight excluding hydrogens is 232 g/mol. The standard InChI is InChI=1S/C17H34N2/c1-16(2)7-5-10-19(11-9-16)13-14-12-17(3,4)8-6-15(14)18/h14-15H,5-13,18H2,1-4H3. The minimum Gasteiger partial charge on any atom is -0.327 e. The normalized spacial score (nSPS) is 35.8. The molecule has 2 atom stereocenters. The zero-order valence-electron chi connectivity index (χ0n) is 13.5. The van der Waals surface area contributed by atoms with Crippen molar-refractivity contribution in [2.45, 2.75) is 72.3 Å². The van der Waals surface area contributed by atoms with E-state index >= 15 is 0 Å². The molecule has 0 radical (unpaired) electrons. The van der Waals surface area contributed by atoms with Crippen LogP contribution >= 0.6 is 0 Å². The Balaban J connectivity index is 1.89. The Hall–Kier alpha value is -0.0800. The highest BCUT2D eigenvalue weighted by atomic mass is 15.1. The highest BCUT2D eigenvalue weighted by Crippen LogP contribution is 2.39. The summed E-state index contributed by atoms with van der Waals surface area (Å²) in [7, 11) is 0. The van der Waals surface area contributed by atoms with Crippen LogP contribution in [0.25, 0.3) is 0 Å². The van der Waals surface area contributed by atoms with E-state index in [1.54, 1.807) is 0 Å². The lowest BCUT2D eigenvalue weighted by atomic mass is 9.70. The Bertz CT molecular complexity index is 296. The van der Waals surface area contributed by atoms with Crippen LogP contribution in [0.2, 0.25) is 0 Å². The van der Waals surface area contributed by atoms with Crippen LogP contribution in [0.5, 0.6) is 0 Å². The van der Waals surface area contributed by atoms with Crippen LogP contribution in [0.1, 0.15) is 66.2 Å². The van der Waals surface area contributed by atoms with E-state index in [0.717, 1.165) is 0 Å². The molecule has 0 amide bonds. The zero-order chi connectivity index (χ0) is 14.1. The number of nitrogens with two attached hydrogens (primary N) is 1. The predicted molar refractivity (Wildman–Crippen MR) is 83.2 cm³/mol. The minimum atomic E-state index is 0.435. The van der Waals surface area contributed by atoms with Gasteiger partial charge in [-0.3, -0.25) is 0 Å². The van der Waals surface area contributed by atoms with Crippen LogP contribution in [0.4, 0.5) is 0 Å². The molecule has 1 aliphatic heterocycles. The average Bonchev–Trinajstić information content (AvgIpc) is 2.46. The molecule has 1 saturated carbocycles. The van der Waals surface area contributed by atoms with Crippen molar-refractivity contribution < 1.29 is 0 Å². The van der Waals surface area contributed by atoms with Gasteiger partial charge in [-0.2, -0.15) is 0 Å². The van der Waals surface area contributed by atoms with E-state index < -0.39 is 0 Å². The van der Waals surface area contributed by atoms with Gasteiger partial charge in [-0.1, -0.05) is 27.7 Å². The summed E-state index contributed by atoms with van der Waals surface area (Å²) in [5, 5.41) is 0. The number of likely N-dealkylation sites (tertiary alicyclic amines) is 1. The van der Waals surface area contributed by atoms with Crippen LogP contribution in [0.3, 0.4) is 0 Å². The van der Waals surface area contributed by atoms with Gasteiger partial charge in [-0.05, 0) is 68.4 Å². The summed E-state index contributed by atoms with van der Waals surface area (Å²) in [4.78, 5) is 2.70. The average molecular weight is 266 g/mol. The molecule has 0 aromatic rings. The molecule has 2 N–H and O–H groups in total. The van der Waals surface area contributed by atoms with Gasteiger partial charge in [-0.25, -0.2) is 0 Å². The molecule has 112 valence electrons. The first-order chi connectivity index (χ1) is 8.77. The summed E-state index contributed by atoms with van der Waals surface area (Å²) in [6.07, 6.45) is 7.92. The van der Waals surface area contributed by atoms with Crippen LogP contribution < -0.4 is 5.73 Å². The van der Waals surface area contributed by atoms with E-state index in [9.17, 15) is 0 Å². The fraction of sp³-hybridized carbons (Fsp3) is 1.00. The smallest absolute Gasteiger partial charge is 0.00797 e. The molecule has 1 aliphatic carbocycles. The maximum Gasteiger partial charge on any atom is 0.00797 e. The highest BCUT2D eigenvalue weighted by Gasteiger charge is 2.34. The largest absolute Gasteiger partial charge is 0.327 e. The zero-order valence-corrected chi connectivity index (χ0v) is 13.5.